The number of aromatic nitrogens is 2. The summed E-state index contributed by atoms with van der Waals surface area (Å²) in [6.07, 6.45) is 0.727. The van der Waals surface area contributed by atoms with Gasteiger partial charge in [-0.2, -0.15) is 5.10 Å². The van der Waals surface area contributed by atoms with E-state index in [1.54, 1.807) is 22.9 Å². The lowest BCUT2D eigenvalue weighted by molar-refractivity contribution is 0.189. The molecule has 3 nitrogen and oxygen atoms in total. The smallest absolute Gasteiger partial charge is 0.136 e. The third-order valence-electron chi connectivity index (χ3n) is 2.83. The summed E-state index contributed by atoms with van der Waals surface area (Å²) < 4.78 is 15.2. The number of thioether (sulfide) groups is 1. The first-order chi connectivity index (χ1) is 9.50. The van der Waals surface area contributed by atoms with Gasteiger partial charge in [0.1, 0.15) is 11.9 Å². The molecule has 0 aliphatic rings. The Bertz CT molecular complexity index is 588. The summed E-state index contributed by atoms with van der Waals surface area (Å²) in [5.41, 5.74) is 0.575. The van der Waals surface area contributed by atoms with Crippen molar-refractivity contribution in [1.82, 2.24) is 9.78 Å². The highest BCUT2D eigenvalue weighted by atomic mass is 35.5. The number of halogens is 2. The van der Waals surface area contributed by atoms with E-state index >= 15 is 0 Å². The van der Waals surface area contributed by atoms with Crippen LogP contribution in [-0.2, 0) is 0 Å². The maximum absolute atomic E-state index is 13.5. The molecule has 0 fully saturated rings. The van der Waals surface area contributed by atoms with Crippen molar-refractivity contribution in [2.24, 2.45) is 0 Å². The van der Waals surface area contributed by atoms with Crippen LogP contribution in [0.1, 0.15) is 31.7 Å². The van der Waals surface area contributed by atoms with E-state index in [1.807, 2.05) is 13.8 Å². The van der Waals surface area contributed by atoms with E-state index in [2.05, 4.69) is 5.10 Å². The standard InChI is InChI=1S/C14H16ClFN2OS/c1-9(2)18-14(10(15)7-17-18)12(19)8-20-13-6-4-3-5-11(13)16/h3-7,9,12,19H,8H2,1-2H3. The Morgan fingerprint density at radius 3 is 2.75 bits per heavy atom. The van der Waals surface area contributed by atoms with E-state index in [1.165, 1.54) is 24.0 Å². The van der Waals surface area contributed by atoms with Crippen LogP contribution in [-0.4, -0.2) is 20.6 Å². The van der Waals surface area contributed by atoms with Gasteiger partial charge in [0.2, 0.25) is 0 Å². The molecule has 0 aliphatic carbocycles. The zero-order valence-electron chi connectivity index (χ0n) is 11.3. The molecule has 0 saturated heterocycles. The number of nitrogens with zero attached hydrogens (tertiary/aromatic N) is 2. The molecule has 2 rings (SSSR count). The third-order valence-corrected chi connectivity index (χ3v) is 4.24. The minimum Gasteiger partial charge on any atom is -0.386 e. The molecule has 1 heterocycles. The van der Waals surface area contributed by atoms with Gasteiger partial charge in [-0.15, -0.1) is 11.8 Å². The molecule has 0 amide bonds. The molecule has 20 heavy (non-hydrogen) atoms. The second kappa shape index (κ2) is 6.61. The molecule has 1 aromatic carbocycles. The fourth-order valence-corrected chi connectivity index (χ4v) is 3.02. The Hall–Kier alpha value is -1.04. The van der Waals surface area contributed by atoms with E-state index in [0.717, 1.165) is 0 Å². The molecule has 0 bridgehead atoms. The van der Waals surface area contributed by atoms with E-state index < -0.39 is 6.10 Å². The van der Waals surface area contributed by atoms with Gasteiger partial charge in [-0.05, 0) is 26.0 Å². The number of benzene rings is 1. The summed E-state index contributed by atoms with van der Waals surface area (Å²) in [5, 5.41) is 14.9. The lowest BCUT2D eigenvalue weighted by atomic mass is 10.2. The first-order valence-corrected chi connectivity index (χ1v) is 7.65. The average molecular weight is 315 g/mol. The number of hydrogen-bond donors (Lipinski definition) is 1. The molecule has 1 aromatic heterocycles. The zero-order chi connectivity index (χ0) is 14.7. The maximum atomic E-state index is 13.5. The molecule has 0 radical (unpaired) electrons. The maximum Gasteiger partial charge on any atom is 0.136 e. The fraction of sp³-hybridized carbons (Fsp3) is 0.357. The number of aliphatic hydroxyl groups is 1. The molecule has 1 atom stereocenters. The number of aliphatic hydroxyl groups excluding tert-OH is 1. The zero-order valence-corrected chi connectivity index (χ0v) is 12.8. The first-order valence-electron chi connectivity index (χ1n) is 6.29. The van der Waals surface area contributed by atoms with Crippen LogP contribution in [0.3, 0.4) is 0 Å². The van der Waals surface area contributed by atoms with Gasteiger partial charge >= 0.3 is 0 Å². The van der Waals surface area contributed by atoms with Gasteiger partial charge in [-0.25, -0.2) is 4.39 Å². The van der Waals surface area contributed by atoms with Crippen LogP contribution in [0.5, 0.6) is 0 Å². The van der Waals surface area contributed by atoms with Crippen LogP contribution < -0.4 is 0 Å². The van der Waals surface area contributed by atoms with Gasteiger partial charge in [0, 0.05) is 16.7 Å². The quantitative estimate of drug-likeness (QED) is 0.845. The molecule has 2 aromatic rings. The van der Waals surface area contributed by atoms with Crippen molar-refractivity contribution >= 4 is 23.4 Å². The summed E-state index contributed by atoms with van der Waals surface area (Å²) in [4.78, 5) is 0.512. The van der Waals surface area contributed by atoms with E-state index in [4.69, 9.17) is 11.6 Å². The topological polar surface area (TPSA) is 38.0 Å². The van der Waals surface area contributed by atoms with Crippen molar-refractivity contribution in [3.05, 3.63) is 47.0 Å². The largest absolute Gasteiger partial charge is 0.386 e. The molecule has 1 unspecified atom stereocenters. The summed E-state index contributed by atoms with van der Waals surface area (Å²) in [6.45, 7) is 3.92. The van der Waals surface area contributed by atoms with E-state index in [-0.39, 0.29) is 11.9 Å². The third kappa shape index (κ3) is 3.34. The first kappa shape index (κ1) is 15.4. The number of hydrogen-bond acceptors (Lipinski definition) is 3. The van der Waals surface area contributed by atoms with Crippen LogP contribution in [0.15, 0.2) is 35.4 Å². The Kier molecular flexibility index (Phi) is 5.07. The van der Waals surface area contributed by atoms with E-state index in [9.17, 15) is 9.50 Å². The van der Waals surface area contributed by atoms with Crippen molar-refractivity contribution < 1.29 is 9.50 Å². The van der Waals surface area contributed by atoms with Gasteiger partial charge in [0.25, 0.3) is 0 Å². The average Bonchev–Trinajstić information content (AvgIpc) is 2.79. The molecule has 6 heteroatoms. The Balaban J connectivity index is 2.11. The summed E-state index contributed by atoms with van der Waals surface area (Å²) >= 11 is 7.33. The number of rotatable bonds is 5. The van der Waals surface area contributed by atoms with Gasteiger partial charge in [0.05, 0.1) is 16.9 Å². The Labute approximate surface area is 126 Å². The van der Waals surface area contributed by atoms with Crippen molar-refractivity contribution in [1.29, 1.82) is 0 Å². The lowest BCUT2D eigenvalue weighted by Crippen LogP contribution is -2.13. The minimum atomic E-state index is -0.794. The molecular formula is C14H16ClFN2OS. The predicted molar refractivity (Wildman–Crippen MR) is 79.7 cm³/mol. The van der Waals surface area contributed by atoms with Crippen molar-refractivity contribution in [2.75, 3.05) is 5.75 Å². The highest BCUT2D eigenvalue weighted by Crippen LogP contribution is 2.31. The molecule has 0 aliphatic heterocycles. The van der Waals surface area contributed by atoms with Crippen LogP contribution in [0, 0.1) is 5.82 Å². The van der Waals surface area contributed by atoms with Crippen molar-refractivity contribution in [2.45, 2.75) is 30.9 Å². The summed E-state index contributed by atoms with van der Waals surface area (Å²) in [6, 6.07) is 6.60. The highest BCUT2D eigenvalue weighted by molar-refractivity contribution is 7.99. The molecular weight excluding hydrogens is 299 g/mol. The fourth-order valence-electron chi connectivity index (χ4n) is 1.88. The van der Waals surface area contributed by atoms with Crippen molar-refractivity contribution in [3.63, 3.8) is 0 Å². The van der Waals surface area contributed by atoms with Gasteiger partial charge in [-0.3, -0.25) is 4.68 Å². The highest BCUT2D eigenvalue weighted by Gasteiger charge is 2.20. The molecule has 1 N–H and O–H groups in total. The monoisotopic (exact) mass is 314 g/mol. The SMILES string of the molecule is CC(C)n1ncc(Cl)c1C(O)CSc1ccccc1F. The summed E-state index contributed by atoms with van der Waals surface area (Å²) in [7, 11) is 0. The van der Waals surface area contributed by atoms with Gasteiger partial charge < -0.3 is 5.11 Å². The Morgan fingerprint density at radius 1 is 1.40 bits per heavy atom. The van der Waals surface area contributed by atoms with Crippen LogP contribution in [0.2, 0.25) is 5.02 Å². The lowest BCUT2D eigenvalue weighted by Gasteiger charge is -2.16. The molecule has 0 saturated carbocycles. The van der Waals surface area contributed by atoms with Gasteiger partial charge in [-0.1, -0.05) is 23.7 Å². The summed E-state index contributed by atoms with van der Waals surface area (Å²) in [5.74, 6) is 0.0344. The normalized spacial score (nSPS) is 12.9. The van der Waals surface area contributed by atoms with E-state index in [0.29, 0.717) is 21.4 Å². The van der Waals surface area contributed by atoms with Gasteiger partial charge in [0.15, 0.2) is 0 Å². The predicted octanol–water partition coefficient (Wildman–Crippen LogP) is 4.08. The molecule has 0 spiro atoms. The van der Waals surface area contributed by atoms with Crippen LogP contribution in [0.25, 0.3) is 0 Å². The van der Waals surface area contributed by atoms with Crippen LogP contribution in [0.4, 0.5) is 4.39 Å². The second-order valence-corrected chi connectivity index (χ2v) is 6.14. The van der Waals surface area contributed by atoms with Crippen LogP contribution >= 0.6 is 23.4 Å². The second-order valence-electron chi connectivity index (χ2n) is 4.67. The Morgan fingerprint density at radius 2 is 2.10 bits per heavy atom. The van der Waals surface area contributed by atoms with Crippen molar-refractivity contribution in [3.8, 4) is 0 Å². The molecule has 108 valence electrons. The minimum absolute atomic E-state index is 0.102.